The lowest BCUT2D eigenvalue weighted by Crippen LogP contribution is -2.51. The van der Waals surface area contributed by atoms with Crippen molar-refractivity contribution in [2.75, 3.05) is 6.54 Å². The van der Waals surface area contributed by atoms with Gasteiger partial charge in [0.15, 0.2) is 0 Å². The second-order valence-electron chi connectivity index (χ2n) is 3.86. The maximum absolute atomic E-state index is 12.0. The molecule has 1 aromatic heterocycles. The molecule has 2 heterocycles. The minimum absolute atomic E-state index is 0.235. The SMILES string of the molecule is NC(=O)C1CCCCN1C(=O)n1ccnc1. The van der Waals surface area contributed by atoms with Crippen LogP contribution in [0.5, 0.6) is 0 Å². The predicted octanol–water partition coefficient (Wildman–Crippen LogP) is 0.191. The van der Waals surface area contributed by atoms with Gasteiger partial charge in [0.05, 0.1) is 0 Å². The molecule has 86 valence electrons. The van der Waals surface area contributed by atoms with Gasteiger partial charge in [0, 0.05) is 18.9 Å². The van der Waals surface area contributed by atoms with E-state index in [0.29, 0.717) is 13.0 Å². The Bertz CT molecular complexity index is 388. The maximum Gasteiger partial charge on any atom is 0.330 e. The summed E-state index contributed by atoms with van der Waals surface area (Å²) in [4.78, 5) is 28.6. The zero-order valence-electron chi connectivity index (χ0n) is 8.87. The summed E-state index contributed by atoms with van der Waals surface area (Å²) >= 11 is 0. The molecule has 0 spiro atoms. The van der Waals surface area contributed by atoms with Crippen LogP contribution in [-0.2, 0) is 4.79 Å². The second-order valence-corrected chi connectivity index (χ2v) is 3.86. The Morgan fingerprint density at radius 3 is 2.81 bits per heavy atom. The Labute approximate surface area is 93.0 Å². The van der Waals surface area contributed by atoms with Crippen LogP contribution in [0, 0.1) is 0 Å². The number of carbonyl (C=O) groups is 2. The minimum Gasteiger partial charge on any atom is -0.368 e. The number of carbonyl (C=O) groups excluding carboxylic acids is 2. The standard InChI is InChI=1S/C10H14N4O2/c11-9(15)8-3-1-2-5-14(8)10(16)13-6-4-12-7-13/h4,6-8H,1-3,5H2,(H2,11,15). The molecule has 0 aromatic carbocycles. The van der Waals surface area contributed by atoms with Crippen molar-refractivity contribution in [1.82, 2.24) is 14.5 Å². The number of nitrogens with two attached hydrogens (primary N) is 1. The third kappa shape index (κ3) is 1.91. The first-order chi connectivity index (χ1) is 7.70. The van der Waals surface area contributed by atoms with Crippen LogP contribution in [0.15, 0.2) is 18.7 Å². The number of imidazole rings is 1. The van der Waals surface area contributed by atoms with E-state index in [1.807, 2.05) is 0 Å². The average molecular weight is 222 g/mol. The van der Waals surface area contributed by atoms with Gasteiger partial charge in [0.25, 0.3) is 0 Å². The highest BCUT2D eigenvalue weighted by Gasteiger charge is 2.31. The first-order valence-electron chi connectivity index (χ1n) is 5.28. The zero-order valence-corrected chi connectivity index (χ0v) is 8.87. The van der Waals surface area contributed by atoms with E-state index in [1.54, 1.807) is 6.20 Å². The van der Waals surface area contributed by atoms with E-state index >= 15 is 0 Å². The van der Waals surface area contributed by atoms with Crippen molar-refractivity contribution < 1.29 is 9.59 Å². The van der Waals surface area contributed by atoms with E-state index in [2.05, 4.69) is 4.98 Å². The third-order valence-electron chi connectivity index (χ3n) is 2.80. The molecule has 2 amide bonds. The van der Waals surface area contributed by atoms with Gasteiger partial charge in [-0.15, -0.1) is 0 Å². The van der Waals surface area contributed by atoms with Gasteiger partial charge in [-0.1, -0.05) is 0 Å². The summed E-state index contributed by atoms with van der Waals surface area (Å²) in [6.07, 6.45) is 7.01. The Morgan fingerprint density at radius 2 is 2.19 bits per heavy atom. The number of piperidine rings is 1. The summed E-state index contributed by atoms with van der Waals surface area (Å²) in [5.41, 5.74) is 5.29. The summed E-state index contributed by atoms with van der Waals surface area (Å²) in [7, 11) is 0. The Kier molecular flexibility index (Phi) is 2.89. The number of hydrogen-bond acceptors (Lipinski definition) is 3. The first kappa shape index (κ1) is 10.7. The van der Waals surface area contributed by atoms with Gasteiger partial charge in [-0.3, -0.25) is 9.36 Å². The first-order valence-corrected chi connectivity index (χ1v) is 5.28. The summed E-state index contributed by atoms with van der Waals surface area (Å²) < 4.78 is 1.36. The van der Waals surface area contributed by atoms with Crippen LogP contribution in [0.4, 0.5) is 4.79 Å². The van der Waals surface area contributed by atoms with E-state index in [-0.39, 0.29) is 6.03 Å². The van der Waals surface area contributed by atoms with Gasteiger partial charge in [0.2, 0.25) is 5.91 Å². The number of rotatable bonds is 1. The van der Waals surface area contributed by atoms with Crippen molar-refractivity contribution in [2.24, 2.45) is 5.73 Å². The molecule has 0 saturated carbocycles. The maximum atomic E-state index is 12.0. The van der Waals surface area contributed by atoms with Gasteiger partial charge in [-0.25, -0.2) is 9.78 Å². The molecule has 1 aliphatic heterocycles. The van der Waals surface area contributed by atoms with Crippen molar-refractivity contribution in [1.29, 1.82) is 0 Å². The van der Waals surface area contributed by atoms with Crippen LogP contribution in [0.2, 0.25) is 0 Å². The van der Waals surface area contributed by atoms with Gasteiger partial charge in [0.1, 0.15) is 12.4 Å². The molecule has 1 aromatic rings. The Balaban J connectivity index is 2.17. The molecule has 1 saturated heterocycles. The highest BCUT2D eigenvalue weighted by atomic mass is 16.2. The third-order valence-corrected chi connectivity index (χ3v) is 2.80. The topological polar surface area (TPSA) is 81.2 Å². The van der Waals surface area contributed by atoms with Crippen molar-refractivity contribution >= 4 is 11.9 Å². The number of aromatic nitrogens is 2. The highest BCUT2D eigenvalue weighted by molar-refractivity contribution is 5.86. The quantitative estimate of drug-likeness (QED) is 0.736. The molecule has 0 aliphatic carbocycles. The van der Waals surface area contributed by atoms with Crippen molar-refractivity contribution in [3.63, 3.8) is 0 Å². The molecule has 6 nitrogen and oxygen atoms in total. The summed E-state index contributed by atoms with van der Waals surface area (Å²) in [5.74, 6) is -0.437. The average Bonchev–Trinajstić information content (AvgIpc) is 2.81. The molecule has 0 radical (unpaired) electrons. The molecule has 2 N–H and O–H groups in total. The number of amides is 2. The van der Waals surface area contributed by atoms with Crippen LogP contribution in [0.25, 0.3) is 0 Å². The number of likely N-dealkylation sites (tertiary alicyclic amines) is 1. The lowest BCUT2D eigenvalue weighted by atomic mass is 10.0. The molecule has 0 bridgehead atoms. The number of primary amides is 1. The van der Waals surface area contributed by atoms with E-state index in [9.17, 15) is 9.59 Å². The van der Waals surface area contributed by atoms with Gasteiger partial charge >= 0.3 is 6.03 Å². The monoisotopic (exact) mass is 222 g/mol. The van der Waals surface area contributed by atoms with Crippen LogP contribution < -0.4 is 5.73 Å². The second kappa shape index (κ2) is 4.34. The Morgan fingerprint density at radius 1 is 1.38 bits per heavy atom. The molecular weight excluding hydrogens is 208 g/mol. The van der Waals surface area contributed by atoms with Gasteiger partial charge < -0.3 is 10.6 Å². The summed E-state index contributed by atoms with van der Waals surface area (Å²) in [6.45, 7) is 0.574. The lowest BCUT2D eigenvalue weighted by molar-refractivity contribution is -0.123. The fraction of sp³-hybridized carbons (Fsp3) is 0.500. The molecule has 6 heteroatoms. The van der Waals surface area contributed by atoms with Crippen LogP contribution in [0.3, 0.4) is 0 Å². The Hall–Kier alpha value is -1.85. The van der Waals surface area contributed by atoms with Crippen molar-refractivity contribution in [2.45, 2.75) is 25.3 Å². The fourth-order valence-electron chi connectivity index (χ4n) is 1.98. The predicted molar refractivity (Wildman–Crippen MR) is 56.6 cm³/mol. The zero-order chi connectivity index (χ0) is 11.5. The van der Waals surface area contributed by atoms with E-state index in [1.165, 1.54) is 22.0 Å². The highest BCUT2D eigenvalue weighted by Crippen LogP contribution is 2.17. The van der Waals surface area contributed by atoms with Crippen molar-refractivity contribution in [3.05, 3.63) is 18.7 Å². The van der Waals surface area contributed by atoms with Gasteiger partial charge in [-0.05, 0) is 19.3 Å². The van der Waals surface area contributed by atoms with Crippen LogP contribution in [0.1, 0.15) is 19.3 Å². The van der Waals surface area contributed by atoms with Crippen molar-refractivity contribution in [3.8, 4) is 0 Å². The fourth-order valence-corrected chi connectivity index (χ4v) is 1.98. The lowest BCUT2D eigenvalue weighted by Gasteiger charge is -2.33. The number of nitrogens with zero attached hydrogens (tertiary/aromatic N) is 3. The molecule has 1 unspecified atom stereocenters. The summed E-state index contributed by atoms with van der Waals surface area (Å²) in [5, 5.41) is 0. The largest absolute Gasteiger partial charge is 0.368 e. The van der Waals surface area contributed by atoms with E-state index in [4.69, 9.17) is 5.73 Å². The van der Waals surface area contributed by atoms with Crippen LogP contribution in [-0.4, -0.2) is 39.0 Å². The molecule has 1 aliphatic rings. The molecule has 1 atom stereocenters. The summed E-state index contributed by atoms with van der Waals surface area (Å²) in [6, 6.07) is -0.718. The van der Waals surface area contributed by atoms with E-state index in [0.717, 1.165) is 12.8 Å². The van der Waals surface area contributed by atoms with Crippen LogP contribution >= 0.6 is 0 Å². The number of hydrogen-bond donors (Lipinski definition) is 1. The smallest absolute Gasteiger partial charge is 0.330 e. The molecule has 1 fully saturated rings. The normalized spacial score (nSPS) is 20.8. The molecule has 2 rings (SSSR count). The molecular formula is C10H14N4O2. The molecule has 16 heavy (non-hydrogen) atoms. The van der Waals surface area contributed by atoms with E-state index < -0.39 is 11.9 Å². The van der Waals surface area contributed by atoms with Gasteiger partial charge in [-0.2, -0.15) is 0 Å². The minimum atomic E-state index is -0.483.